The highest BCUT2D eigenvalue weighted by atomic mass is 16.2. The fourth-order valence-electron chi connectivity index (χ4n) is 1.72. The molecule has 0 bridgehead atoms. The molecular formula is C15H22N2O. The third-order valence-electron chi connectivity index (χ3n) is 2.83. The Morgan fingerprint density at radius 1 is 1.28 bits per heavy atom. The van der Waals surface area contributed by atoms with E-state index in [4.69, 9.17) is 0 Å². The van der Waals surface area contributed by atoms with Crippen LogP contribution in [0, 0.1) is 6.92 Å². The van der Waals surface area contributed by atoms with Gasteiger partial charge in [-0.25, -0.2) is 5.43 Å². The highest BCUT2D eigenvalue weighted by molar-refractivity contribution is 5.95. The fourth-order valence-corrected chi connectivity index (χ4v) is 1.72. The predicted octanol–water partition coefficient (Wildman–Crippen LogP) is 3.68. The maximum atomic E-state index is 11.8. The number of hydrogen-bond acceptors (Lipinski definition) is 2. The molecule has 0 heterocycles. The molecule has 3 nitrogen and oxygen atoms in total. The van der Waals surface area contributed by atoms with Gasteiger partial charge in [-0.15, -0.1) is 0 Å². The van der Waals surface area contributed by atoms with E-state index >= 15 is 0 Å². The van der Waals surface area contributed by atoms with Crippen molar-refractivity contribution in [1.29, 1.82) is 0 Å². The molecule has 98 valence electrons. The first-order valence-electron chi connectivity index (χ1n) is 6.63. The summed E-state index contributed by atoms with van der Waals surface area (Å²) in [6, 6.07) is 7.50. The van der Waals surface area contributed by atoms with Gasteiger partial charge in [0.2, 0.25) is 0 Å². The number of unbranched alkanes of at least 4 members (excludes halogenated alkanes) is 4. The number of benzene rings is 1. The Morgan fingerprint density at radius 3 is 2.78 bits per heavy atom. The van der Waals surface area contributed by atoms with Crippen LogP contribution in [0.4, 0.5) is 0 Å². The van der Waals surface area contributed by atoms with Gasteiger partial charge in [0, 0.05) is 11.8 Å². The van der Waals surface area contributed by atoms with Crippen LogP contribution in [0.3, 0.4) is 0 Å². The molecule has 0 aliphatic rings. The maximum absolute atomic E-state index is 11.8. The molecule has 1 rings (SSSR count). The summed E-state index contributed by atoms with van der Waals surface area (Å²) in [5.74, 6) is -0.141. The standard InChI is InChI=1S/C15H22N2O/c1-3-4-5-6-9-12-16-17-15(18)14-11-8-7-10-13(14)2/h7-8,10-12H,3-6,9H2,1-2H3,(H,17,18)/b16-12+. The minimum Gasteiger partial charge on any atom is -0.267 e. The van der Waals surface area contributed by atoms with Gasteiger partial charge in [-0.2, -0.15) is 5.10 Å². The molecular weight excluding hydrogens is 224 g/mol. The molecule has 0 spiro atoms. The molecule has 0 saturated carbocycles. The zero-order valence-electron chi connectivity index (χ0n) is 11.3. The van der Waals surface area contributed by atoms with E-state index in [1.54, 1.807) is 12.3 Å². The molecule has 18 heavy (non-hydrogen) atoms. The Balaban J connectivity index is 2.29. The van der Waals surface area contributed by atoms with Crippen LogP contribution in [0.15, 0.2) is 29.4 Å². The number of hydrogen-bond donors (Lipinski definition) is 1. The highest BCUT2D eigenvalue weighted by Crippen LogP contribution is 2.06. The average molecular weight is 246 g/mol. The molecule has 0 radical (unpaired) electrons. The summed E-state index contributed by atoms with van der Waals surface area (Å²) in [7, 11) is 0. The normalized spacial score (nSPS) is 10.8. The molecule has 0 aliphatic heterocycles. The second-order valence-corrected chi connectivity index (χ2v) is 4.42. The second-order valence-electron chi connectivity index (χ2n) is 4.42. The van der Waals surface area contributed by atoms with Gasteiger partial charge in [-0.1, -0.05) is 44.4 Å². The van der Waals surface area contributed by atoms with Crippen LogP contribution in [0.2, 0.25) is 0 Å². The van der Waals surface area contributed by atoms with Crippen LogP contribution in [0.25, 0.3) is 0 Å². The van der Waals surface area contributed by atoms with Crippen LogP contribution in [0.1, 0.15) is 54.9 Å². The summed E-state index contributed by atoms with van der Waals surface area (Å²) < 4.78 is 0. The molecule has 1 amide bonds. The smallest absolute Gasteiger partial charge is 0.267 e. The zero-order valence-corrected chi connectivity index (χ0v) is 11.3. The monoisotopic (exact) mass is 246 g/mol. The van der Waals surface area contributed by atoms with Gasteiger partial charge in [-0.05, 0) is 31.4 Å². The fraction of sp³-hybridized carbons (Fsp3) is 0.467. The zero-order chi connectivity index (χ0) is 13.2. The third-order valence-corrected chi connectivity index (χ3v) is 2.83. The third kappa shape index (κ3) is 5.13. The van der Waals surface area contributed by atoms with Gasteiger partial charge in [-0.3, -0.25) is 4.79 Å². The summed E-state index contributed by atoms with van der Waals surface area (Å²) >= 11 is 0. The van der Waals surface area contributed by atoms with E-state index in [-0.39, 0.29) is 5.91 Å². The Bertz CT molecular complexity index is 399. The minimum absolute atomic E-state index is 0.141. The van der Waals surface area contributed by atoms with Crippen molar-refractivity contribution >= 4 is 12.1 Å². The number of carbonyl (C=O) groups excluding carboxylic acids is 1. The van der Waals surface area contributed by atoms with Crippen molar-refractivity contribution in [3.8, 4) is 0 Å². The summed E-state index contributed by atoms with van der Waals surface area (Å²) in [6.45, 7) is 4.11. The lowest BCUT2D eigenvalue weighted by Crippen LogP contribution is -2.18. The lowest BCUT2D eigenvalue weighted by atomic mass is 10.1. The van der Waals surface area contributed by atoms with Crippen LogP contribution < -0.4 is 5.43 Å². The number of aryl methyl sites for hydroxylation is 1. The van der Waals surface area contributed by atoms with Crippen molar-refractivity contribution in [2.24, 2.45) is 5.10 Å². The number of nitrogens with zero attached hydrogens (tertiary/aromatic N) is 1. The quantitative estimate of drug-likeness (QED) is 0.445. The Morgan fingerprint density at radius 2 is 2.06 bits per heavy atom. The summed E-state index contributed by atoms with van der Waals surface area (Å²) in [5.41, 5.74) is 4.21. The predicted molar refractivity (Wildman–Crippen MR) is 75.9 cm³/mol. The van der Waals surface area contributed by atoms with Crippen molar-refractivity contribution in [3.63, 3.8) is 0 Å². The molecule has 0 fully saturated rings. The lowest BCUT2D eigenvalue weighted by molar-refractivity contribution is 0.0954. The number of rotatable bonds is 7. The largest absolute Gasteiger partial charge is 0.271 e. The van der Waals surface area contributed by atoms with Crippen LogP contribution in [-0.2, 0) is 0 Å². The first-order chi connectivity index (χ1) is 8.75. The Kier molecular flexibility index (Phi) is 6.77. The topological polar surface area (TPSA) is 41.5 Å². The molecule has 0 aliphatic carbocycles. The average Bonchev–Trinajstić information content (AvgIpc) is 2.38. The SMILES string of the molecule is CCCCCC/C=N/NC(=O)c1ccccc1C. The molecule has 0 unspecified atom stereocenters. The van der Waals surface area contributed by atoms with Crippen LogP contribution in [-0.4, -0.2) is 12.1 Å². The van der Waals surface area contributed by atoms with Gasteiger partial charge >= 0.3 is 0 Å². The Labute approximate surface area is 109 Å². The summed E-state index contributed by atoms with van der Waals surface area (Å²) in [5, 5.41) is 3.96. The summed E-state index contributed by atoms with van der Waals surface area (Å²) in [4.78, 5) is 11.8. The molecule has 3 heteroatoms. The van der Waals surface area contributed by atoms with Gasteiger partial charge < -0.3 is 0 Å². The first kappa shape index (κ1) is 14.4. The van der Waals surface area contributed by atoms with Crippen molar-refractivity contribution in [2.75, 3.05) is 0 Å². The van der Waals surface area contributed by atoms with E-state index in [1.165, 1.54) is 19.3 Å². The highest BCUT2D eigenvalue weighted by Gasteiger charge is 2.05. The minimum atomic E-state index is -0.141. The van der Waals surface area contributed by atoms with E-state index in [9.17, 15) is 4.79 Å². The number of hydrazone groups is 1. The molecule has 0 atom stereocenters. The van der Waals surface area contributed by atoms with E-state index in [2.05, 4.69) is 17.5 Å². The molecule has 1 N–H and O–H groups in total. The van der Waals surface area contributed by atoms with E-state index in [1.807, 2.05) is 25.1 Å². The number of nitrogens with one attached hydrogen (secondary N) is 1. The van der Waals surface area contributed by atoms with E-state index in [0.717, 1.165) is 18.4 Å². The number of carbonyl (C=O) groups is 1. The molecule has 0 saturated heterocycles. The maximum Gasteiger partial charge on any atom is 0.271 e. The van der Waals surface area contributed by atoms with Crippen molar-refractivity contribution in [2.45, 2.75) is 46.0 Å². The van der Waals surface area contributed by atoms with Gasteiger partial charge in [0.15, 0.2) is 0 Å². The van der Waals surface area contributed by atoms with E-state index < -0.39 is 0 Å². The van der Waals surface area contributed by atoms with Gasteiger partial charge in [0.05, 0.1) is 0 Å². The number of amides is 1. The first-order valence-corrected chi connectivity index (χ1v) is 6.63. The van der Waals surface area contributed by atoms with Crippen molar-refractivity contribution in [3.05, 3.63) is 35.4 Å². The van der Waals surface area contributed by atoms with Gasteiger partial charge in [0.1, 0.15) is 0 Å². The van der Waals surface area contributed by atoms with Crippen molar-refractivity contribution < 1.29 is 4.79 Å². The van der Waals surface area contributed by atoms with Crippen LogP contribution >= 0.6 is 0 Å². The lowest BCUT2D eigenvalue weighted by Gasteiger charge is -2.02. The Hall–Kier alpha value is -1.64. The second kappa shape index (κ2) is 8.45. The van der Waals surface area contributed by atoms with Crippen molar-refractivity contribution in [1.82, 2.24) is 5.43 Å². The molecule has 1 aromatic carbocycles. The van der Waals surface area contributed by atoms with Crippen LogP contribution in [0.5, 0.6) is 0 Å². The van der Waals surface area contributed by atoms with E-state index in [0.29, 0.717) is 5.56 Å². The molecule has 0 aromatic heterocycles. The molecule has 1 aromatic rings. The summed E-state index contributed by atoms with van der Waals surface area (Å²) in [6.07, 6.45) is 7.58. The van der Waals surface area contributed by atoms with Gasteiger partial charge in [0.25, 0.3) is 5.91 Å².